The van der Waals surface area contributed by atoms with Gasteiger partial charge < -0.3 is 16.4 Å². The quantitative estimate of drug-likeness (QED) is 0.784. The van der Waals surface area contributed by atoms with Crippen LogP contribution in [0.25, 0.3) is 0 Å². The Kier molecular flexibility index (Phi) is 3.61. The number of nitrogen functional groups attached to an aromatic ring is 2. The molecule has 0 radical (unpaired) electrons. The molecule has 1 aliphatic rings. The molecule has 0 amide bonds. The Morgan fingerprint density at radius 2 is 1.61 bits per heavy atom. The molecule has 5 heteroatoms. The van der Waals surface area contributed by atoms with E-state index in [9.17, 15) is 4.39 Å². The lowest BCUT2D eigenvalue weighted by Gasteiger charge is -2.38. The number of hydrogen-bond donors (Lipinski definition) is 2. The summed E-state index contributed by atoms with van der Waals surface area (Å²) in [5, 5.41) is 0. The lowest BCUT2D eigenvalue weighted by molar-refractivity contribution is 0.209. The molecular formula is C13H21FN4. The molecule has 1 saturated heterocycles. The van der Waals surface area contributed by atoms with Crippen molar-refractivity contribution < 1.29 is 4.39 Å². The van der Waals surface area contributed by atoms with E-state index in [1.165, 1.54) is 6.07 Å². The summed E-state index contributed by atoms with van der Waals surface area (Å²) < 4.78 is 13.9. The molecule has 1 aromatic carbocycles. The second kappa shape index (κ2) is 5.02. The summed E-state index contributed by atoms with van der Waals surface area (Å²) in [6.07, 6.45) is 0. The number of hydrogen-bond acceptors (Lipinski definition) is 4. The van der Waals surface area contributed by atoms with Crippen LogP contribution in [0.2, 0.25) is 0 Å². The van der Waals surface area contributed by atoms with E-state index in [2.05, 4.69) is 18.7 Å². The lowest BCUT2D eigenvalue weighted by Crippen LogP contribution is -2.49. The summed E-state index contributed by atoms with van der Waals surface area (Å²) in [4.78, 5) is 4.42. The summed E-state index contributed by atoms with van der Waals surface area (Å²) in [5.74, 6) is -0.292. The van der Waals surface area contributed by atoms with E-state index >= 15 is 0 Å². The fourth-order valence-corrected chi connectivity index (χ4v) is 2.31. The van der Waals surface area contributed by atoms with Gasteiger partial charge in [0.1, 0.15) is 5.82 Å². The van der Waals surface area contributed by atoms with Crippen LogP contribution in [0.1, 0.15) is 13.8 Å². The maximum Gasteiger partial charge on any atom is 0.148 e. The van der Waals surface area contributed by atoms with Crippen molar-refractivity contribution in [3.05, 3.63) is 17.9 Å². The number of benzene rings is 1. The van der Waals surface area contributed by atoms with Crippen molar-refractivity contribution in [2.45, 2.75) is 19.9 Å². The Balaban J connectivity index is 2.12. The van der Waals surface area contributed by atoms with Gasteiger partial charge in [0.05, 0.1) is 17.1 Å². The van der Waals surface area contributed by atoms with Gasteiger partial charge in [-0.05, 0) is 19.9 Å². The van der Waals surface area contributed by atoms with Crippen LogP contribution in [0.15, 0.2) is 12.1 Å². The minimum atomic E-state index is -0.292. The average molecular weight is 252 g/mol. The van der Waals surface area contributed by atoms with Crippen molar-refractivity contribution in [2.24, 2.45) is 0 Å². The molecule has 4 N–H and O–H groups in total. The van der Waals surface area contributed by atoms with Crippen molar-refractivity contribution in [1.29, 1.82) is 0 Å². The van der Waals surface area contributed by atoms with Gasteiger partial charge in [-0.2, -0.15) is 0 Å². The minimum absolute atomic E-state index is 0.292. The second-order valence-electron chi connectivity index (χ2n) is 5.05. The molecule has 1 fully saturated rings. The van der Waals surface area contributed by atoms with Crippen LogP contribution in [0.4, 0.5) is 21.5 Å². The van der Waals surface area contributed by atoms with Crippen molar-refractivity contribution >= 4 is 17.1 Å². The number of halogens is 1. The highest BCUT2D eigenvalue weighted by Crippen LogP contribution is 2.27. The Labute approximate surface area is 107 Å². The summed E-state index contributed by atoms with van der Waals surface area (Å²) in [6, 6.07) is 3.48. The predicted molar refractivity (Wildman–Crippen MR) is 74.1 cm³/mol. The first-order chi connectivity index (χ1) is 8.49. The van der Waals surface area contributed by atoms with Gasteiger partial charge >= 0.3 is 0 Å². The van der Waals surface area contributed by atoms with E-state index in [0.29, 0.717) is 23.1 Å². The van der Waals surface area contributed by atoms with E-state index in [0.717, 1.165) is 26.2 Å². The molecule has 1 aliphatic heterocycles. The van der Waals surface area contributed by atoms with Crippen LogP contribution >= 0.6 is 0 Å². The number of piperazine rings is 1. The minimum Gasteiger partial charge on any atom is -0.397 e. The second-order valence-corrected chi connectivity index (χ2v) is 5.05. The molecule has 1 heterocycles. The smallest absolute Gasteiger partial charge is 0.148 e. The van der Waals surface area contributed by atoms with Crippen molar-refractivity contribution in [3.8, 4) is 0 Å². The highest BCUT2D eigenvalue weighted by Gasteiger charge is 2.21. The summed E-state index contributed by atoms with van der Waals surface area (Å²) in [5.41, 5.74) is 12.6. The molecule has 0 atom stereocenters. The summed E-state index contributed by atoms with van der Waals surface area (Å²) in [6.45, 7) is 7.88. The molecule has 0 saturated carbocycles. The van der Waals surface area contributed by atoms with Crippen LogP contribution < -0.4 is 16.4 Å². The maximum atomic E-state index is 13.9. The number of rotatable bonds is 2. The molecule has 2 rings (SSSR count). The van der Waals surface area contributed by atoms with Crippen LogP contribution in [0.5, 0.6) is 0 Å². The molecule has 0 unspecified atom stereocenters. The number of nitrogens with two attached hydrogens (primary N) is 2. The highest BCUT2D eigenvalue weighted by atomic mass is 19.1. The molecule has 0 aliphatic carbocycles. The standard InChI is InChI=1S/C13H21FN4/c1-9(2)17-3-5-18(6-4-17)13-8-12(16)11(15)7-10(13)14/h7-9H,3-6,15-16H2,1-2H3. The predicted octanol–water partition coefficient (Wildman–Crippen LogP) is 1.52. The SMILES string of the molecule is CC(C)N1CCN(c2cc(N)c(N)cc2F)CC1. The van der Waals surface area contributed by atoms with E-state index in [1.807, 2.05) is 4.90 Å². The fraction of sp³-hybridized carbons (Fsp3) is 0.538. The molecule has 18 heavy (non-hydrogen) atoms. The average Bonchev–Trinajstić information content (AvgIpc) is 2.34. The van der Waals surface area contributed by atoms with Gasteiger partial charge in [-0.1, -0.05) is 0 Å². The molecule has 1 aromatic rings. The van der Waals surface area contributed by atoms with Gasteiger partial charge in [0.2, 0.25) is 0 Å². The molecular weight excluding hydrogens is 231 g/mol. The number of anilines is 3. The van der Waals surface area contributed by atoms with Gasteiger partial charge in [0, 0.05) is 38.3 Å². The van der Waals surface area contributed by atoms with Gasteiger partial charge in [-0.3, -0.25) is 4.90 Å². The third kappa shape index (κ3) is 2.51. The zero-order valence-electron chi connectivity index (χ0n) is 11.0. The Bertz CT molecular complexity index is 425. The van der Waals surface area contributed by atoms with Crippen LogP contribution in [0, 0.1) is 5.82 Å². The summed E-state index contributed by atoms with van der Waals surface area (Å²) >= 11 is 0. The summed E-state index contributed by atoms with van der Waals surface area (Å²) in [7, 11) is 0. The Hall–Kier alpha value is -1.49. The Morgan fingerprint density at radius 3 is 2.17 bits per heavy atom. The van der Waals surface area contributed by atoms with Crippen LogP contribution in [-0.2, 0) is 0 Å². The topological polar surface area (TPSA) is 58.5 Å². The van der Waals surface area contributed by atoms with Gasteiger partial charge in [0.25, 0.3) is 0 Å². The molecule has 4 nitrogen and oxygen atoms in total. The van der Waals surface area contributed by atoms with E-state index in [-0.39, 0.29) is 5.82 Å². The third-order valence-electron chi connectivity index (χ3n) is 3.54. The first kappa shape index (κ1) is 13.0. The lowest BCUT2D eigenvalue weighted by atomic mass is 10.2. The highest BCUT2D eigenvalue weighted by molar-refractivity contribution is 5.70. The van der Waals surface area contributed by atoms with Gasteiger partial charge in [0.15, 0.2) is 0 Å². The zero-order chi connectivity index (χ0) is 13.3. The zero-order valence-corrected chi connectivity index (χ0v) is 11.0. The van der Waals surface area contributed by atoms with Crippen LogP contribution in [-0.4, -0.2) is 37.1 Å². The normalized spacial score (nSPS) is 17.4. The molecule has 0 aromatic heterocycles. The monoisotopic (exact) mass is 252 g/mol. The fourth-order valence-electron chi connectivity index (χ4n) is 2.31. The van der Waals surface area contributed by atoms with E-state index in [1.54, 1.807) is 6.07 Å². The van der Waals surface area contributed by atoms with E-state index in [4.69, 9.17) is 11.5 Å². The van der Waals surface area contributed by atoms with Gasteiger partial charge in [-0.15, -0.1) is 0 Å². The largest absolute Gasteiger partial charge is 0.397 e. The molecule has 100 valence electrons. The third-order valence-corrected chi connectivity index (χ3v) is 3.54. The van der Waals surface area contributed by atoms with Gasteiger partial charge in [-0.25, -0.2) is 4.39 Å². The Morgan fingerprint density at radius 1 is 1.06 bits per heavy atom. The maximum absolute atomic E-state index is 13.9. The first-order valence-corrected chi connectivity index (χ1v) is 6.32. The van der Waals surface area contributed by atoms with Crippen molar-refractivity contribution in [2.75, 3.05) is 42.5 Å². The van der Waals surface area contributed by atoms with Crippen LogP contribution in [0.3, 0.4) is 0 Å². The first-order valence-electron chi connectivity index (χ1n) is 6.32. The number of nitrogens with zero attached hydrogens (tertiary/aromatic N) is 2. The molecule has 0 spiro atoms. The van der Waals surface area contributed by atoms with Crippen molar-refractivity contribution in [1.82, 2.24) is 4.90 Å². The van der Waals surface area contributed by atoms with E-state index < -0.39 is 0 Å². The molecule has 0 bridgehead atoms. The van der Waals surface area contributed by atoms with Crippen molar-refractivity contribution in [3.63, 3.8) is 0 Å².